The number of amides is 1. The van der Waals surface area contributed by atoms with Crippen LogP contribution in [0.4, 0.5) is 0 Å². The molecule has 2 aliphatic rings. The van der Waals surface area contributed by atoms with E-state index >= 15 is 0 Å². The maximum atomic E-state index is 12.4. The van der Waals surface area contributed by atoms with Crippen LogP contribution in [0.5, 0.6) is 0 Å². The number of allylic oxidation sites excluding steroid dienone is 2. The molecule has 0 radical (unpaired) electrons. The van der Waals surface area contributed by atoms with Crippen LogP contribution < -0.4 is 10.6 Å². The summed E-state index contributed by atoms with van der Waals surface area (Å²) >= 11 is 0. The molecule has 1 amide bonds. The average molecular weight is 250 g/mol. The van der Waals surface area contributed by atoms with Crippen LogP contribution in [0.15, 0.2) is 12.2 Å². The van der Waals surface area contributed by atoms with Crippen molar-refractivity contribution in [1.29, 1.82) is 0 Å². The van der Waals surface area contributed by atoms with Gasteiger partial charge in [-0.1, -0.05) is 25.5 Å². The van der Waals surface area contributed by atoms with Gasteiger partial charge in [-0.25, -0.2) is 0 Å². The molecule has 1 fully saturated rings. The Kier molecular flexibility index (Phi) is 4.81. The highest BCUT2D eigenvalue weighted by molar-refractivity contribution is 5.83. The van der Waals surface area contributed by atoms with Gasteiger partial charge in [0.1, 0.15) is 0 Å². The summed E-state index contributed by atoms with van der Waals surface area (Å²) in [6, 6.07) is 0. The normalized spacial score (nSPS) is 31.5. The van der Waals surface area contributed by atoms with Crippen molar-refractivity contribution in [2.24, 2.45) is 11.3 Å². The second-order valence-corrected chi connectivity index (χ2v) is 5.82. The molecule has 2 atom stereocenters. The van der Waals surface area contributed by atoms with E-state index in [1.54, 1.807) is 0 Å². The van der Waals surface area contributed by atoms with E-state index in [1.165, 1.54) is 12.8 Å². The zero-order chi connectivity index (χ0) is 12.8. The Balaban J connectivity index is 1.83. The van der Waals surface area contributed by atoms with E-state index < -0.39 is 0 Å². The van der Waals surface area contributed by atoms with Crippen LogP contribution in [0, 0.1) is 11.3 Å². The highest BCUT2D eigenvalue weighted by atomic mass is 16.2. The molecule has 3 nitrogen and oxygen atoms in total. The molecule has 1 saturated heterocycles. The van der Waals surface area contributed by atoms with Crippen LogP contribution in [-0.4, -0.2) is 25.5 Å². The maximum absolute atomic E-state index is 12.4. The number of rotatable bonds is 5. The van der Waals surface area contributed by atoms with Crippen molar-refractivity contribution >= 4 is 5.91 Å². The largest absolute Gasteiger partial charge is 0.355 e. The molecule has 2 rings (SSSR count). The molecule has 1 aliphatic carbocycles. The zero-order valence-electron chi connectivity index (χ0n) is 11.5. The average Bonchev–Trinajstić information content (AvgIpc) is 2.87. The Bertz CT molecular complexity index is 306. The predicted molar refractivity (Wildman–Crippen MR) is 74.3 cm³/mol. The van der Waals surface area contributed by atoms with Crippen LogP contribution in [0.2, 0.25) is 0 Å². The van der Waals surface area contributed by atoms with E-state index in [-0.39, 0.29) is 11.3 Å². The lowest BCUT2D eigenvalue weighted by atomic mass is 9.81. The lowest BCUT2D eigenvalue weighted by molar-refractivity contribution is -0.130. The summed E-state index contributed by atoms with van der Waals surface area (Å²) in [5, 5.41) is 6.55. The minimum absolute atomic E-state index is 0.126. The van der Waals surface area contributed by atoms with E-state index in [0.29, 0.717) is 5.92 Å². The molecule has 2 unspecified atom stereocenters. The van der Waals surface area contributed by atoms with Crippen LogP contribution in [0.1, 0.15) is 45.4 Å². The lowest BCUT2D eigenvalue weighted by Crippen LogP contribution is -2.44. The third kappa shape index (κ3) is 3.14. The molecular weight excluding hydrogens is 224 g/mol. The Morgan fingerprint density at radius 3 is 3.00 bits per heavy atom. The first-order chi connectivity index (χ1) is 8.77. The standard InChI is InChI=1S/C15H26N2O/c1-2-8-15(9-10-16-12-15)14(18)17-11-13-6-4-3-5-7-13/h3-4,13,16H,2,5-12H2,1H3,(H,17,18). The number of hydrogen-bond donors (Lipinski definition) is 2. The topological polar surface area (TPSA) is 41.1 Å². The van der Waals surface area contributed by atoms with Crippen molar-refractivity contribution in [1.82, 2.24) is 10.6 Å². The fourth-order valence-corrected chi connectivity index (χ4v) is 3.21. The van der Waals surface area contributed by atoms with Crippen molar-refractivity contribution in [2.45, 2.75) is 45.4 Å². The Morgan fingerprint density at radius 1 is 1.50 bits per heavy atom. The molecule has 0 aromatic heterocycles. The molecule has 1 aliphatic heterocycles. The molecule has 102 valence electrons. The van der Waals surface area contributed by atoms with E-state index in [0.717, 1.165) is 45.3 Å². The van der Waals surface area contributed by atoms with Gasteiger partial charge in [0.15, 0.2) is 0 Å². The summed E-state index contributed by atoms with van der Waals surface area (Å²) in [4.78, 5) is 12.4. The van der Waals surface area contributed by atoms with E-state index in [2.05, 4.69) is 29.7 Å². The Labute approximate surface area is 110 Å². The van der Waals surface area contributed by atoms with Gasteiger partial charge in [-0.05, 0) is 44.6 Å². The van der Waals surface area contributed by atoms with E-state index in [4.69, 9.17) is 0 Å². The first kappa shape index (κ1) is 13.6. The summed E-state index contributed by atoms with van der Waals surface area (Å²) < 4.78 is 0. The molecule has 1 heterocycles. The fraction of sp³-hybridized carbons (Fsp3) is 0.800. The minimum Gasteiger partial charge on any atom is -0.355 e. The van der Waals surface area contributed by atoms with Gasteiger partial charge in [-0.15, -0.1) is 0 Å². The first-order valence-electron chi connectivity index (χ1n) is 7.41. The summed E-state index contributed by atoms with van der Waals surface area (Å²) in [5.74, 6) is 0.927. The van der Waals surface area contributed by atoms with Gasteiger partial charge in [0.25, 0.3) is 0 Å². The second-order valence-electron chi connectivity index (χ2n) is 5.82. The Morgan fingerprint density at radius 2 is 2.39 bits per heavy atom. The number of hydrogen-bond acceptors (Lipinski definition) is 2. The van der Waals surface area contributed by atoms with Crippen molar-refractivity contribution < 1.29 is 4.79 Å². The predicted octanol–water partition coefficient (Wildman–Crippen LogP) is 2.24. The number of nitrogens with one attached hydrogen (secondary N) is 2. The highest BCUT2D eigenvalue weighted by Gasteiger charge is 2.40. The van der Waals surface area contributed by atoms with Gasteiger partial charge < -0.3 is 10.6 Å². The number of carbonyl (C=O) groups excluding carboxylic acids is 1. The van der Waals surface area contributed by atoms with Crippen LogP contribution in [-0.2, 0) is 4.79 Å². The molecule has 0 aromatic carbocycles. The summed E-state index contributed by atoms with van der Waals surface area (Å²) in [7, 11) is 0. The fourth-order valence-electron chi connectivity index (χ4n) is 3.21. The quantitative estimate of drug-likeness (QED) is 0.735. The van der Waals surface area contributed by atoms with Gasteiger partial charge in [-0.2, -0.15) is 0 Å². The molecule has 3 heteroatoms. The minimum atomic E-state index is -0.126. The van der Waals surface area contributed by atoms with E-state index in [1.807, 2.05) is 0 Å². The molecule has 0 saturated carbocycles. The van der Waals surface area contributed by atoms with Crippen LogP contribution >= 0.6 is 0 Å². The molecule has 2 N–H and O–H groups in total. The second kappa shape index (κ2) is 6.37. The smallest absolute Gasteiger partial charge is 0.227 e. The van der Waals surface area contributed by atoms with Gasteiger partial charge in [-0.3, -0.25) is 4.79 Å². The summed E-state index contributed by atoms with van der Waals surface area (Å²) in [6.07, 6.45) is 11.1. The summed E-state index contributed by atoms with van der Waals surface area (Å²) in [5.41, 5.74) is -0.126. The van der Waals surface area contributed by atoms with Crippen molar-refractivity contribution in [3.8, 4) is 0 Å². The SMILES string of the molecule is CCCC1(C(=O)NCC2CC=CCC2)CCNC1. The third-order valence-electron chi connectivity index (χ3n) is 4.38. The Hall–Kier alpha value is -0.830. The van der Waals surface area contributed by atoms with Crippen molar-refractivity contribution in [3.63, 3.8) is 0 Å². The molecule has 18 heavy (non-hydrogen) atoms. The molecule has 0 spiro atoms. The van der Waals surface area contributed by atoms with Crippen molar-refractivity contribution in [3.05, 3.63) is 12.2 Å². The zero-order valence-corrected chi connectivity index (χ0v) is 11.5. The summed E-state index contributed by atoms with van der Waals surface area (Å²) in [6.45, 7) is 4.87. The van der Waals surface area contributed by atoms with Crippen LogP contribution in [0.3, 0.4) is 0 Å². The number of carbonyl (C=O) groups is 1. The van der Waals surface area contributed by atoms with Gasteiger partial charge in [0, 0.05) is 13.1 Å². The monoisotopic (exact) mass is 250 g/mol. The van der Waals surface area contributed by atoms with Crippen LogP contribution in [0.25, 0.3) is 0 Å². The van der Waals surface area contributed by atoms with Crippen molar-refractivity contribution in [2.75, 3.05) is 19.6 Å². The third-order valence-corrected chi connectivity index (χ3v) is 4.38. The van der Waals surface area contributed by atoms with Gasteiger partial charge in [0.05, 0.1) is 5.41 Å². The molecule has 0 aromatic rings. The van der Waals surface area contributed by atoms with E-state index in [9.17, 15) is 4.79 Å². The first-order valence-corrected chi connectivity index (χ1v) is 7.41. The van der Waals surface area contributed by atoms with Gasteiger partial charge >= 0.3 is 0 Å². The van der Waals surface area contributed by atoms with Gasteiger partial charge in [0.2, 0.25) is 5.91 Å². The molecular formula is C15H26N2O. The maximum Gasteiger partial charge on any atom is 0.227 e. The molecule has 0 bridgehead atoms. The lowest BCUT2D eigenvalue weighted by Gasteiger charge is -2.28. The highest BCUT2D eigenvalue weighted by Crippen LogP contribution is 2.31.